The van der Waals surface area contributed by atoms with Crippen LogP contribution in [0.15, 0.2) is 42.5 Å². The molecule has 5 heteroatoms. The van der Waals surface area contributed by atoms with Gasteiger partial charge in [-0.15, -0.1) is 0 Å². The van der Waals surface area contributed by atoms with E-state index in [1.54, 1.807) is 31.3 Å². The normalized spacial score (nSPS) is 10.2. The van der Waals surface area contributed by atoms with Crippen LogP contribution in [0.2, 0.25) is 0 Å². The summed E-state index contributed by atoms with van der Waals surface area (Å²) in [5, 5.41) is 0. The first-order valence-corrected chi connectivity index (χ1v) is 6.00. The van der Waals surface area contributed by atoms with Crippen molar-refractivity contribution < 1.29 is 13.9 Å². The van der Waals surface area contributed by atoms with Gasteiger partial charge in [-0.2, -0.15) is 0 Å². The molecule has 2 aromatic rings. The smallest absolute Gasteiger partial charge is 0.258 e. The number of nitrogens with two attached hydrogens (primary N) is 1. The molecule has 0 aliphatic heterocycles. The van der Waals surface area contributed by atoms with E-state index in [0.717, 1.165) is 6.07 Å². The summed E-state index contributed by atoms with van der Waals surface area (Å²) in [6.45, 7) is 0. The van der Waals surface area contributed by atoms with Crippen LogP contribution in [0.4, 0.5) is 15.8 Å². The van der Waals surface area contributed by atoms with Crippen LogP contribution >= 0.6 is 0 Å². The fraction of sp³-hybridized carbons (Fsp3) is 0.133. The number of carbonyl (C=O) groups excluding carboxylic acids is 1. The average molecular weight is 274 g/mol. The summed E-state index contributed by atoms with van der Waals surface area (Å²) < 4.78 is 18.5. The van der Waals surface area contributed by atoms with Crippen molar-refractivity contribution in [3.8, 4) is 5.75 Å². The van der Waals surface area contributed by atoms with Gasteiger partial charge in [-0.1, -0.05) is 12.1 Å². The Balaban J connectivity index is 2.37. The molecule has 0 bridgehead atoms. The van der Waals surface area contributed by atoms with Crippen LogP contribution in [0.1, 0.15) is 10.4 Å². The van der Waals surface area contributed by atoms with Crippen molar-refractivity contribution >= 4 is 17.3 Å². The van der Waals surface area contributed by atoms with Gasteiger partial charge in [0.15, 0.2) is 0 Å². The molecule has 0 fully saturated rings. The van der Waals surface area contributed by atoms with Crippen molar-refractivity contribution in [2.75, 3.05) is 24.8 Å². The molecule has 0 aliphatic rings. The molecule has 0 aromatic heterocycles. The monoisotopic (exact) mass is 274 g/mol. The van der Waals surface area contributed by atoms with E-state index in [9.17, 15) is 9.18 Å². The van der Waals surface area contributed by atoms with Crippen molar-refractivity contribution in [1.29, 1.82) is 0 Å². The molecule has 0 atom stereocenters. The van der Waals surface area contributed by atoms with Gasteiger partial charge < -0.3 is 15.4 Å². The molecule has 4 nitrogen and oxygen atoms in total. The molecule has 0 unspecified atom stereocenters. The lowest BCUT2D eigenvalue weighted by atomic mass is 10.1. The lowest BCUT2D eigenvalue weighted by molar-refractivity contribution is 0.0992. The number of nitrogens with zero attached hydrogens (tertiary/aromatic N) is 1. The highest BCUT2D eigenvalue weighted by Gasteiger charge is 2.17. The summed E-state index contributed by atoms with van der Waals surface area (Å²) in [6.07, 6.45) is 0. The lowest BCUT2D eigenvalue weighted by Crippen LogP contribution is -2.26. The van der Waals surface area contributed by atoms with Crippen LogP contribution in [0.25, 0.3) is 0 Å². The van der Waals surface area contributed by atoms with E-state index in [1.807, 2.05) is 0 Å². The number of ether oxygens (including phenoxy) is 1. The summed E-state index contributed by atoms with van der Waals surface area (Å²) in [7, 11) is 3.12. The predicted octanol–water partition coefficient (Wildman–Crippen LogP) is 2.69. The molecule has 2 N–H and O–H groups in total. The zero-order chi connectivity index (χ0) is 14.7. The second-order valence-electron chi connectivity index (χ2n) is 4.31. The van der Waals surface area contributed by atoms with Crippen molar-refractivity contribution in [3.63, 3.8) is 0 Å². The Kier molecular flexibility index (Phi) is 3.89. The van der Waals surface area contributed by atoms with Gasteiger partial charge in [-0.3, -0.25) is 4.79 Å². The van der Waals surface area contributed by atoms with E-state index in [4.69, 9.17) is 10.5 Å². The van der Waals surface area contributed by atoms with E-state index in [0.29, 0.717) is 11.4 Å². The first-order chi connectivity index (χ1) is 9.52. The van der Waals surface area contributed by atoms with Gasteiger partial charge >= 0.3 is 0 Å². The Morgan fingerprint density at radius 3 is 2.60 bits per heavy atom. The Morgan fingerprint density at radius 1 is 1.25 bits per heavy atom. The second-order valence-corrected chi connectivity index (χ2v) is 4.31. The van der Waals surface area contributed by atoms with Gasteiger partial charge in [0.05, 0.1) is 12.8 Å². The molecular weight excluding hydrogens is 259 g/mol. The number of methoxy groups -OCH3 is 1. The first-order valence-electron chi connectivity index (χ1n) is 6.00. The van der Waals surface area contributed by atoms with Crippen LogP contribution in [0, 0.1) is 5.82 Å². The number of benzene rings is 2. The maximum Gasteiger partial charge on any atom is 0.258 e. The van der Waals surface area contributed by atoms with Crippen molar-refractivity contribution in [2.24, 2.45) is 0 Å². The number of rotatable bonds is 3. The molecule has 0 radical (unpaired) electrons. The third-order valence-electron chi connectivity index (χ3n) is 2.92. The van der Waals surface area contributed by atoms with Gasteiger partial charge in [0.2, 0.25) is 0 Å². The fourth-order valence-corrected chi connectivity index (χ4v) is 1.95. The highest BCUT2D eigenvalue weighted by atomic mass is 19.1. The number of anilines is 2. The van der Waals surface area contributed by atoms with E-state index in [1.165, 1.54) is 24.1 Å². The quantitative estimate of drug-likeness (QED) is 0.875. The zero-order valence-corrected chi connectivity index (χ0v) is 11.3. The third-order valence-corrected chi connectivity index (χ3v) is 2.92. The SMILES string of the molecule is COc1ccccc1N(C)C(=O)c1cc(N)cc(F)c1. The van der Waals surface area contributed by atoms with E-state index in [2.05, 4.69) is 0 Å². The Bertz CT molecular complexity index is 623. The molecular formula is C15H15FN2O2. The Labute approximate surface area is 116 Å². The summed E-state index contributed by atoms with van der Waals surface area (Å²) in [6, 6.07) is 10.9. The average Bonchev–Trinajstić information content (AvgIpc) is 2.44. The zero-order valence-electron chi connectivity index (χ0n) is 11.3. The van der Waals surface area contributed by atoms with Gasteiger partial charge in [0, 0.05) is 18.3 Å². The molecule has 104 valence electrons. The molecule has 20 heavy (non-hydrogen) atoms. The number of para-hydroxylation sites is 2. The molecule has 0 spiro atoms. The lowest BCUT2D eigenvalue weighted by Gasteiger charge is -2.20. The topological polar surface area (TPSA) is 55.6 Å². The number of halogens is 1. The summed E-state index contributed by atoms with van der Waals surface area (Å²) in [5.41, 5.74) is 6.56. The maximum atomic E-state index is 13.3. The van der Waals surface area contributed by atoms with Crippen molar-refractivity contribution in [3.05, 3.63) is 53.8 Å². The number of hydrogen-bond donors (Lipinski definition) is 1. The molecule has 0 heterocycles. The van der Waals surface area contributed by atoms with Crippen LogP contribution in [-0.2, 0) is 0 Å². The van der Waals surface area contributed by atoms with Crippen LogP contribution in [0.3, 0.4) is 0 Å². The number of amides is 1. The highest BCUT2D eigenvalue weighted by molar-refractivity contribution is 6.06. The van der Waals surface area contributed by atoms with Crippen molar-refractivity contribution in [2.45, 2.75) is 0 Å². The van der Waals surface area contributed by atoms with E-state index in [-0.39, 0.29) is 17.2 Å². The summed E-state index contributed by atoms with van der Waals surface area (Å²) in [4.78, 5) is 13.8. The van der Waals surface area contributed by atoms with Gasteiger partial charge in [-0.05, 0) is 30.3 Å². The van der Waals surface area contributed by atoms with Crippen LogP contribution < -0.4 is 15.4 Å². The number of hydrogen-bond acceptors (Lipinski definition) is 3. The third kappa shape index (κ3) is 2.71. The Hall–Kier alpha value is -2.56. The van der Waals surface area contributed by atoms with Crippen LogP contribution in [-0.4, -0.2) is 20.1 Å². The predicted molar refractivity (Wildman–Crippen MR) is 76.5 cm³/mol. The summed E-state index contributed by atoms with van der Waals surface area (Å²) >= 11 is 0. The number of carbonyl (C=O) groups is 1. The van der Waals surface area contributed by atoms with Crippen LogP contribution in [0.5, 0.6) is 5.75 Å². The van der Waals surface area contributed by atoms with Crippen molar-refractivity contribution in [1.82, 2.24) is 0 Å². The Morgan fingerprint density at radius 2 is 1.95 bits per heavy atom. The number of nitrogen functional groups attached to an aromatic ring is 1. The van der Waals surface area contributed by atoms with Gasteiger partial charge in [0.25, 0.3) is 5.91 Å². The molecule has 0 saturated carbocycles. The first kappa shape index (κ1) is 13.9. The minimum atomic E-state index is -0.540. The minimum Gasteiger partial charge on any atom is -0.495 e. The molecule has 0 aliphatic carbocycles. The fourth-order valence-electron chi connectivity index (χ4n) is 1.95. The highest BCUT2D eigenvalue weighted by Crippen LogP contribution is 2.28. The van der Waals surface area contributed by atoms with Gasteiger partial charge in [0.1, 0.15) is 11.6 Å². The maximum absolute atomic E-state index is 13.3. The standard InChI is InChI=1S/C15H15FN2O2/c1-18(13-5-3-4-6-14(13)20-2)15(19)10-7-11(16)9-12(17)8-10/h3-9H,17H2,1-2H3. The largest absolute Gasteiger partial charge is 0.495 e. The summed E-state index contributed by atoms with van der Waals surface area (Å²) in [5.74, 6) is -0.338. The molecule has 2 rings (SSSR count). The van der Waals surface area contributed by atoms with E-state index < -0.39 is 5.82 Å². The minimum absolute atomic E-state index is 0.191. The second kappa shape index (κ2) is 5.61. The molecule has 1 amide bonds. The molecule has 0 saturated heterocycles. The van der Waals surface area contributed by atoms with Gasteiger partial charge in [-0.25, -0.2) is 4.39 Å². The molecule has 2 aromatic carbocycles. The van der Waals surface area contributed by atoms with E-state index >= 15 is 0 Å².